The molecule has 1 unspecified atom stereocenters. The highest BCUT2D eigenvalue weighted by Crippen LogP contribution is 2.27. The van der Waals surface area contributed by atoms with Gasteiger partial charge in [0.25, 0.3) is 0 Å². The van der Waals surface area contributed by atoms with Crippen LogP contribution in [0, 0.1) is 0 Å². The Labute approximate surface area is 113 Å². The highest BCUT2D eigenvalue weighted by molar-refractivity contribution is 8.00. The monoisotopic (exact) mass is 286 g/mol. The number of thiazole rings is 2. The van der Waals surface area contributed by atoms with E-state index >= 15 is 0 Å². The fourth-order valence-electron chi connectivity index (χ4n) is 1.31. The molecule has 2 aromatic rings. The Kier molecular flexibility index (Phi) is 4.97. The van der Waals surface area contributed by atoms with E-state index in [1.54, 1.807) is 34.4 Å². The van der Waals surface area contributed by atoms with Gasteiger partial charge in [0, 0.05) is 29.3 Å². The summed E-state index contributed by atoms with van der Waals surface area (Å²) in [6.07, 6.45) is 1.93. The fourth-order valence-corrected chi connectivity index (χ4v) is 3.77. The van der Waals surface area contributed by atoms with Gasteiger partial charge < -0.3 is 4.74 Å². The first-order chi connectivity index (χ1) is 8.29. The summed E-state index contributed by atoms with van der Waals surface area (Å²) in [5.74, 6) is 0.878. The standard InChI is InChI=1S/C11H14N2OS3/c1-3-14-8(2)10-13-9(6-16-10)7-17-11-12-4-5-15-11/h4-6,8H,3,7H2,1-2H3. The van der Waals surface area contributed by atoms with Crippen LogP contribution >= 0.6 is 34.4 Å². The number of thioether (sulfide) groups is 1. The van der Waals surface area contributed by atoms with Crippen LogP contribution in [0.4, 0.5) is 0 Å². The van der Waals surface area contributed by atoms with Crippen molar-refractivity contribution in [1.29, 1.82) is 0 Å². The quantitative estimate of drug-likeness (QED) is 0.752. The molecule has 0 aliphatic heterocycles. The van der Waals surface area contributed by atoms with Gasteiger partial charge in [0.05, 0.1) is 5.69 Å². The van der Waals surface area contributed by atoms with Gasteiger partial charge in [0.15, 0.2) is 0 Å². The minimum absolute atomic E-state index is 0.101. The van der Waals surface area contributed by atoms with Crippen molar-refractivity contribution in [3.8, 4) is 0 Å². The zero-order chi connectivity index (χ0) is 12.1. The van der Waals surface area contributed by atoms with E-state index in [9.17, 15) is 0 Å². The SMILES string of the molecule is CCOC(C)c1nc(CSc2nccs2)cs1. The molecule has 1 atom stereocenters. The molecule has 0 saturated carbocycles. The topological polar surface area (TPSA) is 35.0 Å². The summed E-state index contributed by atoms with van der Waals surface area (Å²) >= 11 is 5.06. The van der Waals surface area contributed by atoms with Gasteiger partial charge in [-0.3, -0.25) is 0 Å². The maximum atomic E-state index is 5.52. The molecule has 0 fully saturated rings. The molecule has 2 aromatic heterocycles. The molecule has 0 N–H and O–H groups in total. The smallest absolute Gasteiger partial charge is 0.150 e. The molecule has 0 bridgehead atoms. The zero-order valence-electron chi connectivity index (χ0n) is 9.75. The molecule has 0 saturated heterocycles. The summed E-state index contributed by atoms with van der Waals surface area (Å²) in [6, 6.07) is 0. The van der Waals surface area contributed by atoms with Crippen LogP contribution in [0.3, 0.4) is 0 Å². The number of hydrogen-bond acceptors (Lipinski definition) is 6. The Bertz CT molecular complexity index is 441. The lowest BCUT2D eigenvalue weighted by molar-refractivity contribution is 0.0761. The van der Waals surface area contributed by atoms with Gasteiger partial charge in [0.1, 0.15) is 15.5 Å². The predicted molar refractivity (Wildman–Crippen MR) is 73.8 cm³/mol. The van der Waals surface area contributed by atoms with E-state index in [1.165, 1.54) is 0 Å². The second-order valence-electron chi connectivity index (χ2n) is 3.36. The van der Waals surface area contributed by atoms with Gasteiger partial charge in [-0.15, -0.1) is 22.7 Å². The van der Waals surface area contributed by atoms with Crippen LogP contribution in [0.25, 0.3) is 0 Å². The average molecular weight is 286 g/mol. The third kappa shape index (κ3) is 3.77. The van der Waals surface area contributed by atoms with Crippen molar-refractivity contribution in [2.75, 3.05) is 6.61 Å². The number of aromatic nitrogens is 2. The Morgan fingerprint density at radius 2 is 2.35 bits per heavy atom. The maximum Gasteiger partial charge on any atom is 0.150 e. The molecule has 2 heterocycles. The predicted octanol–water partition coefficient (Wildman–Crippen LogP) is 3.99. The Hall–Kier alpha value is -0.430. The summed E-state index contributed by atoms with van der Waals surface area (Å²) in [7, 11) is 0. The van der Waals surface area contributed by atoms with Crippen molar-refractivity contribution in [2.24, 2.45) is 0 Å². The Balaban J connectivity index is 1.89. The summed E-state index contributed by atoms with van der Waals surface area (Å²) < 4.78 is 6.62. The third-order valence-electron chi connectivity index (χ3n) is 2.09. The molecule has 3 nitrogen and oxygen atoms in total. The molecule has 2 rings (SSSR count). The molecular weight excluding hydrogens is 272 g/mol. The fraction of sp³-hybridized carbons (Fsp3) is 0.455. The summed E-state index contributed by atoms with van der Waals surface area (Å²) in [5.41, 5.74) is 1.11. The van der Waals surface area contributed by atoms with Gasteiger partial charge >= 0.3 is 0 Å². The van der Waals surface area contributed by atoms with Crippen molar-refractivity contribution in [1.82, 2.24) is 9.97 Å². The lowest BCUT2D eigenvalue weighted by Gasteiger charge is -2.06. The number of ether oxygens (including phenoxy) is 1. The minimum Gasteiger partial charge on any atom is -0.372 e. The van der Waals surface area contributed by atoms with Crippen molar-refractivity contribution >= 4 is 34.4 Å². The normalized spacial score (nSPS) is 12.8. The van der Waals surface area contributed by atoms with Gasteiger partial charge in [-0.25, -0.2) is 9.97 Å². The van der Waals surface area contributed by atoms with E-state index in [0.717, 1.165) is 27.4 Å². The van der Waals surface area contributed by atoms with Crippen molar-refractivity contribution in [3.05, 3.63) is 27.7 Å². The molecule has 0 spiro atoms. The molecule has 0 amide bonds. The second kappa shape index (κ2) is 6.49. The first-order valence-electron chi connectivity index (χ1n) is 5.37. The van der Waals surface area contributed by atoms with E-state index in [4.69, 9.17) is 4.74 Å². The highest BCUT2D eigenvalue weighted by Gasteiger charge is 2.10. The van der Waals surface area contributed by atoms with Crippen LogP contribution in [0.5, 0.6) is 0 Å². The highest BCUT2D eigenvalue weighted by atomic mass is 32.2. The van der Waals surface area contributed by atoms with E-state index in [1.807, 2.05) is 25.4 Å². The van der Waals surface area contributed by atoms with Crippen molar-refractivity contribution < 1.29 is 4.74 Å². The lowest BCUT2D eigenvalue weighted by Crippen LogP contribution is -1.98. The van der Waals surface area contributed by atoms with Gasteiger partial charge in [0.2, 0.25) is 0 Å². The molecule has 0 aromatic carbocycles. The summed E-state index contributed by atoms with van der Waals surface area (Å²) in [4.78, 5) is 8.81. The Morgan fingerprint density at radius 3 is 3.06 bits per heavy atom. The van der Waals surface area contributed by atoms with Crippen molar-refractivity contribution in [3.63, 3.8) is 0 Å². The summed E-state index contributed by atoms with van der Waals surface area (Å²) in [6.45, 7) is 4.77. The lowest BCUT2D eigenvalue weighted by atomic mass is 10.4. The van der Waals surface area contributed by atoms with Crippen LogP contribution in [0.15, 0.2) is 21.3 Å². The molecule has 0 radical (unpaired) electrons. The Morgan fingerprint density at radius 1 is 1.47 bits per heavy atom. The second-order valence-corrected chi connectivity index (χ2v) is 6.37. The number of nitrogens with zero attached hydrogens (tertiary/aromatic N) is 2. The van der Waals surface area contributed by atoms with Gasteiger partial charge in [-0.2, -0.15) is 0 Å². The summed E-state index contributed by atoms with van der Waals surface area (Å²) in [5, 5.41) is 5.15. The van der Waals surface area contributed by atoms with Crippen LogP contribution < -0.4 is 0 Å². The third-order valence-corrected chi connectivity index (χ3v) is 5.14. The van der Waals surface area contributed by atoms with Gasteiger partial charge in [-0.1, -0.05) is 11.8 Å². The first-order valence-corrected chi connectivity index (χ1v) is 8.12. The van der Waals surface area contributed by atoms with E-state index in [0.29, 0.717) is 0 Å². The minimum atomic E-state index is 0.101. The van der Waals surface area contributed by atoms with Crippen LogP contribution in [-0.2, 0) is 10.5 Å². The van der Waals surface area contributed by atoms with E-state index in [-0.39, 0.29) is 6.10 Å². The van der Waals surface area contributed by atoms with Crippen molar-refractivity contribution in [2.45, 2.75) is 30.0 Å². The molecule has 0 aliphatic rings. The van der Waals surface area contributed by atoms with Crippen LogP contribution in [0.2, 0.25) is 0 Å². The molecule has 0 aliphatic carbocycles. The molecule has 6 heteroatoms. The number of hydrogen-bond donors (Lipinski definition) is 0. The first kappa shape index (κ1) is 13.0. The molecule has 92 valence electrons. The average Bonchev–Trinajstić information content (AvgIpc) is 2.98. The number of rotatable bonds is 6. The van der Waals surface area contributed by atoms with Crippen LogP contribution in [0.1, 0.15) is 30.7 Å². The van der Waals surface area contributed by atoms with Crippen LogP contribution in [-0.4, -0.2) is 16.6 Å². The zero-order valence-corrected chi connectivity index (χ0v) is 12.2. The van der Waals surface area contributed by atoms with E-state index < -0.39 is 0 Å². The van der Waals surface area contributed by atoms with Gasteiger partial charge in [-0.05, 0) is 13.8 Å². The molecular formula is C11H14N2OS3. The molecule has 17 heavy (non-hydrogen) atoms. The van der Waals surface area contributed by atoms with E-state index in [2.05, 4.69) is 15.3 Å². The largest absolute Gasteiger partial charge is 0.372 e. The maximum absolute atomic E-state index is 5.52.